The van der Waals surface area contributed by atoms with Crippen LogP contribution in [0.4, 0.5) is 10.2 Å². The molecule has 0 spiro atoms. The molecule has 0 amide bonds. The number of halogens is 1. The fraction of sp³-hybridized carbons (Fsp3) is 0.350. The zero-order valence-electron chi connectivity index (χ0n) is 15.0. The van der Waals surface area contributed by atoms with Crippen LogP contribution in [0.15, 0.2) is 45.5 Å². The normalized spacial score (nSPS) is 18.7. The Morgan fingerprint density at radius 3 is 2.85 bits per heavy atom. The van der Waals surface area contributed by atoms with Gasteiger partial charge in [0.05, 0.1) is 11.5 Å². The van der Waals surface area contributed by atoms with Gasteiger partial charge in [-0.25, -0.2) is 9.37 Å². The van der Waals surface area contributed by atoms with E-state index in [0.29, 0.717) is 40.5 Å². The fourth-order valence-corrected chi connectivity index (χ4v) is 4.45. The number of carbonyl (C=O) groups excluding carboxylic acids is 1. The maximum Gasteiger partial charge on any atom is 0.257 e. The van der Waals surface area contributed by atoms with Crippen LogP contribution in [0, 0.1) is 5.82 Å². The molecule has 2 N–H and O–H groups in total. The molecule has 1 aliphatic heterocycles. The van der Waals surface area contributed by atoms with Gasteiger partial charge in [0.1, 0.15) is 11.6 Å². The first-order chi connectivity index (χ1) is 13.1. The third-order valence-corrected chi connectivity index (χ3v) is 5.97. The fourth-order valence-electron chi connectivity index (χ4n) is 3.73. The molecule has 0 fully saturated rings. The molecule has 0 saturated heterocycles. The van der Waals surface area contributed by atoms with Gasteiger partial charge in [0.25, 0.3) is 5.56 Å². The third kappa shape index (κ3) is 3.20. The quantitative estimate of drug-likeness (QED) is 0.615. The van der Waals surface area contributed by atoms with Gasteiger partial charge in [-0.05, 0) is 25.3 Å². The van der Waals surface area contributed by atoms with Crippen LogP contribution in [0.1, 0.15) is 49.7 Å². The number of aromatic nitrogens is 2. The van der Waals surface area contributed by atoms with Crippen molar-refractivity contribution in [3.8, 4) is 0 Å². The van der Waals surface area contributed by atoms with Gasteiger partial charge in [-0.3, -0.25) is 9.59 Å². The number of hydrogen-bond donors (Lipinski definition) is 2. The molecule has 27 heavy (non-hydrogen) atoms. The van der Waals surface area contributed by atoms with Gasteiger partial charge in [-0.1, -0.05) is 36.9 Å². The van der Waals surface area contributed by atoms with Crippen molar-refractivity contribution in [1.82, 2.24) is 9.97 Å². The third-order valence-electron chi connectivity index (χ3n) is 4.90. The molecular weight excluding hydrogens is 365 g/mol. The summed E-state index contributed by atoms with van der Waals surface area (Å²) in [5.41, 5.74) is 1.58. The Kier molecular flexibility index (Phi) is 4.86. The molecule has 5 nitrogen and oxygen atoms in total. The molecule has 7 heteroatoms. The van der Waals surface area contributed by atoms with Crippen LogP contribution in [0.25, 0.3) is 0 Å². The van der Waals surface area contributed by atoms with E-state index < -0.39 is 11.7 Å². The first-order valence-corrected chi connectivity index (χ1v) is 10.1. The molecule has 1 aromatic carbocycles. The molecule has 2 heterocycles. The van der Waals surface area contributed by atoms with Crippen molar-refractivity contribution in [3.63, 3.8) is 0 Å². The molecule has 1 unspecified atom stereocenters. The number of nitrogens with one attached hydrogen (secondary N) is 2. The Balaban J connectivity index is 1.92. The Hall–Kier alpha value is -2.41. The van der Waals surface area contributed by atoms with Crippen molar-refractivity contribution in [2.45, 2.75) is 43.7 Å². The summed E-state index contributed by atoms with van der Waals surface area (Å²) in [7, 11) is 0. The van der Waals surface area contributed by atoms with Gasteiger partial charge in [-0.2, -0.15) is 0 Å². The number of anilines is 1. The van der Waals surface area contributed by atoms with Crippen molar-refractivity contribution in [2.24, 2.45) is 0 Å². The van der Waals surface area contributed by atoms with E-state index in [4.69, 9.17) is 0 Å². The van der Waals surface area contributed by atoms with Crippen LogP contribution in [-0.4, -0.2) is 21.5 Å². The molecule has 1 atom stereocenters. The number of allylic oxidation sites excluding steroid dienone is 2. The summed E-state index contributed by atoms with van der Waals surface area (Å²) < 4.78 is 14.6. The number of nitrogens with zero attached hydrogens (tertiary/aromatic N) is 1. The Morgan fingerprint density at radius 2 is 2.07 bits per heavy atom. The predicted molar refractivity (Wildman–Crippen MR) is 104 cm³/mol. The summed E-state index contributed by atoms with van der Waals surface area (Å²) in [5, 5.41) is 3.73. The summed E-state index contributed by atoms with van der Waals surface area (Å²) in [6.07, 6.45) is 2.80. The van der Waals surface area contributed by atoms with E-state index in [1.54, 1.807) is 18.2 Å². The molecule has 4 rings (SSSR count). The van der Waals surface area contributed by atoms with E-state index in [-0.39, 0.29) is 11.3 Å². The van der Waals surface area contributed by atoms with E-state index in [2.05, 4.69) is 22.2 Å². The highest BCUT2D eigenvalue weighted by molar-refractivity contribution is 7.99. The molecule has 140 valence electrons. The van der Waals surface area contributed by atoms with Crippen molar-refractivity contribution in [3.05, 3.63) is 62.8 Å². The lowest BCUT2D eigenvalue weighted by atomic mass is 9.76. The van der Waals surface area contributed by atoms with Crippen molar-refractivity contribution >= 4 is 23.4 Å². The molecule has 1 aliphatic carbocycles. The van der Waals surface area contributed by atoms with E-state index in [9.17, 15) is 14.0 Å². The molecule has 2 aromatic rings. The average Bonchev–Trinajstić information content (AvgIpc) is 2.65. The summed E-state index contributed by atoms with van der Waals surface area (Å²) in [6, 6.07) is 6.32. The number of carbonyl (C=O) groups is 1. The summed E-state index contributed by atoms with van der Waals surface area (Å²) in [6.45, 7) is 2.06. The Labute approximate surface area is 160 Å². The molecule has 1 aromatic heterocycles. The number of fused-ring (bicyclic) bond motifs is 1. The summed E-state index contributed by atoms with van der Waals surface area (Å²) in [5.74, 6) is 0.0759. The second kappa shape index (κ2) is 7.31. The second-order valence-electron chi connectivity index (χ2n) is 6.73. The first-order valence-electron chi connectivity index (χ1n) is 9.14. The number of thioether (sulfide) groups is 1. The number of rotatable bonds is 4. The molecule has 2 aliphatic rings. The van der Waals surface area contributed by atoms with Gasteiger partial charge in [-0.15, -0.1) is 0 Å². The summed E-state index contributed by atoms with van der Waals surface area (Å²) >= 11 is 1.47. The van der Waals surface area contributed by atoms with Crippen molar-refractivity contribution in [1.29, 1.82) is 0 Å². The van der Waals surface area contributed by atoms with Crippen LogP contribution in [0.2, 0.25) is 0 Å². The van der Waals surface area contributed by atoms with Crippen LogP contribution in [0.3, 0.4) is 0 Å². The Morgan fingerprint density at radius 1 is 1.26 bits per heavy atom. The topological polar surface area (TPSA) is 74.8 Å². The maximum absolute atomic E-state index is 14.6. The van der Waals surface area contributed by atoms with Crippen LogP contribution < -0.4 is 10.9 Å². The van der Waals surface area contributed by atoms with Crippen molar-refractivity contribution < 1.29 is 9.18 Å². The molecule has 0 bridgehead atoms. The van der Waals surface area contributed by atoms with Gasteiger partial charge in [0.2, 0.25) is 0 Å². The number of aromatic amines is 1. The van der Waals surface area contributed by atoms with Gasteiger partial charge < -0.3 is 10.3 Å². The van der Waals surface area contributed by atoms with Gasteiger partial charge in [0.15, 0.2) is 10.9 Å². The minimum Gasteiger partial charge on any atom is -0.343 e. The second-order valence-corrected chi connectivity index (χ2v) is 7.81. The SMILES string of the molecule is CCCSc1nc2c(c(=O)[nH]1)C(c1ccccc1F)C1=C(CCCC1=O)N2. The van der Waals surface area contributed by atoms with E-state index in [1.807, 2.05) is 0 Å². The lowest BCUT2D eigenvalue weighted by Crippen LogP contribution is -2.33. The minimum atomic E-state index is -0.730. The molecule has 0 saturated carbocycles. The highest BCUT2D eigenvalue weighted by Crippen LogP contribution is 2.44. The first kappa shape index (κ1) is 18.0. The van der Waals surface area contributed by atoms with E-state index >= 15 is 0 Å². The Bertz CT molecular complexity index is 999. The van der Waals surface area contributed by atoms with E-state index in [1.165, 1.54) is 17.8 Å². The van der Waals surface area contributed by atoms with E-state index in [0.717, 1.165) is 24.3 Å². The van der Waals surface area contributed by atoms with Crippen LogP contribution >= 0.6 is 11.8 Å². The van der Waals surface area contributed by atoms with Crippen LogP contribution in [0.5, 0.6) is 0 Å². The number of Topliss-reactive ketones (excluding diaryl/α,β-unsaturated/α-hetero) is 1. The highest BCUT2D eigenvalue weighted by atomic mass is 32.2. The largest absolute Gasteiger partial charge is 0.343 e. The minimum absolute atomic E-state index is 0.0357. The monoisotopic (exact) mass is 385 g/mol. The lowest BCUT2D eigenvalue weighted by Gasteiger charge is -2.32. The number of benzene rings is 1. The van der Waals surface area contributed by atoms with Crippen LogP contribution in [-0.2, 0) is 4.79 Å². The predicted octanol–water partition coefficient (Wildman–Crippen LogP) is 3.98. The smallest absolute Gasteiger partial charge is 0.257 e. The van der Waals surface area contributed by atoms with Gasteiger partial charge >= 0.3 is 0 Å². The zero-order valence-corrected chi connectivity index (χ0v) is 15.8. The summed E-state index contributed by atoms with van der Waals surface area (Å²) in [4.78, 5) is 33.0. The standard InChI is InChI=1S/C20H20FN3O2S/c1-2-10-27-20-23-18-17(19(26)24-20)15(11-6-3-4-7-12(11)21)16-13(22-18)8-5-9-14(16)25/h3-4,6-7,15H,2,5,8-10H2,1H3,(H2,22,23,24,26). The molecule has 0 radical (unpaired) electrons. The number of hydrogen-bond acceptors (Lipinski definition) is 5. The molecular formula is C20H20FN3O2S. The maximum atomic E-state index is 14.6. The lowest BCUT2D eigenvalue weighted by molar-refractivity contribution is -0.116. The average molecular weight is 385 g/mol. The number of H-pyrrole nitrogens is 1. The van der Waals surface area contributed by atoms with Gasteiger partial charge in [0, 0.05) is 29.0 Å². The zero-order chi connectivity index (χ0) is 19.0. The highest BCUT2D eigenvalue weighted by Gasteiger charge is 2.38. The van der Waals surface area contributed by atoms with Crippen molar-refractivity contribution in [2.75, 3.05) is 11.1 Å². The number of ketones is 1.